The molecule has 18 heavy (non-hydrogen) atoms. The second kappa shape index (κ2) is 5.85. The van der Waals surface area contributed by atoms with Gasteiger partial charge in [-0.2, -0.15) is 0 Å². The van der Waals surface area contributed by atoms with Crippen molar-refractivity contribution < 1.29 is 10.2 Å². The number of aliphatic hydroxyl groups is 2. The smallest absolute Gasteiger partial charge is 0.0553 e. The van der Waals surface area contributed by atoms with Crippen LogP contribution in [0.3, 0.4) is 0 Å². The van der Waals surface area contributed by atoms with E-state index in [0.29, 0.717) is 11.4 Å². The summed E-state index contributed by atoms with van der Waals surface area (Å²) < 4.78 is 0. The molecule has 2 nitrogen and oxygen atoms in total. The number of rotatable bonds is 5. The Labute approximate surface area is 115 Å². The molecule has 0 aliphatic rings. The molecule has 0 radical (unpaired) electrons. The average Bonchev–Trinajstić information content (AvgIpc) is 2.89. The minimum atomic E-state index is -0.671. The van der Waals surface area contributed by atoms with Crippen LogP contribution in [0.1, 0.15) is 10.4 Å². The Hall–Kier alpha value is -0.870. The monoisotopic (exact) mass is 282 g/mol. The van der Waals surface area contributed by atoms with Crippen molar-refractivity contribution >= 4 is 22.9 Å². The fourth-order valence-electron chi connectivity index (χ4n) is 2.01. The van der Waals surface area contributed by atoms with Crippen LogP contribution in [0.5, 0.6) is 0 Å². The van der Waals surface area contributed by atoms with Crippen LogP contribution in [-0.4, -0.2) is 23.4 Å². The highest BCUT2D eigenvalue weighted by molar-refractivity contribution is 7.09. The van der Waals surface area contributed by atoms with Crippen molar-refractivity contribution in [2.24, 2.45) is 0 Å². The van der Waals surface area contributed by atoms with Gasteiger partial charge in [0.1, 0.15) is 0 Å². The molecule has 0 bridgehead atoms. The Morgan fingerprint density at radius 2 is 1.89 bits per heavy atom. The highest BCUT2D eigenvalue weighted by Crippen LogP contribution is 2.31. The first-order valence-corrected chi connectivity index (χ1v) is 6.96. The Morgan fingerprint density at radius 3 is 2.44 bits per heavy atom. The highest BCUT2D eigenvalue weighted by Gasteiger charge is 2.31. The van der Waals surface area contributed by atoms with E-state index in [1.807, 2.05) is 35.7 Å². The molecular weight excluding hydrogens is 268 g/mol. The summed E-state index contributed by atoms with van der Waals surface area (Å²) in [6.45, 7) is -0.219. The number of hydrogen-bond acceptors (Lipinski definition) is 3. The fourth-order valence-corrected chi connectivity index (χ4v) is 3.05. The maximum atomic E-state index is 9.72. The van der Waals surface area contributed by atoms with Crippen LogP contribution in [0.2, 0.25) is 5.02 Å². The summed E-state index contributed by atoms with van der Waals surface area (Å²) in [5.41, 5.74) is 0.198. The lowest BCUT2D eigenvalue weighted by Gasteiger charge is -2.30. The van der Waals surface area contributed by atoms with Gasteiger partial charge in [-0.25, -0.2) is 0 Å². The van der Waals surface area contributed by atoms with Gasteiger partial charge < -0.3 is 10.2 Å². The van der Waals surface area contributed by atoms with Gasteiger partial charge in [-0.3, -0.25) is 0 Å². The van der Waals surface area contributed by atoms with Crippen LogP contribution in [-0.2, 0) is 11.8 Å². The van der Waals surface area contributed by atoms with Gasteiger partial charge in [0.25, 0.3) is 0 Å². The first kappa shape index (κ1) is 13.6. The van der Waals surface area contributed by atoms with Crippen molar-refractivity contribution in [2.75, 3.05) is 13.2 Å². The standard InChI is InChI=1S/C14H15ClO2S/c15-12-4-1-3-11(7-12)14(9-16,10-17)8-13-5-2-6-18-13/h1-7,16-17H,8-10H2. The molecule has 1 aromatic carbocycles. The number of benzene rings is 1. The van der Waals surface area contributed by atoms with Crippen molar-refractivity contribution in [3.63, 3.8) is 0 Å². The summed E-state index contributed by atoms with van der Waals surface area (Å²) in [7, 11) is 0. The molecule has 1 heterocycles. The largest absolute Gasteiger partial charge is 0.395 e. The van der Waals surface area contributed by atoms with E-state index >= 15 is 0 Å². The van der Waals surface area contributed by atoms with E-state index in [1.54, 1.807) is 17.4 Å². The molecule has 0 fully saturated rings. The van der Waals surface area contributed by atoms with Crippen LogP contribution in [0.15, 0.2) is 41.8 Å². The molecule has 0 saturated heterocycles. The van der Waals surface area contributed by atoms with Crippen LogP contribution in [0, 0.1) is 0 Å². The SMILES string of the molecule is OCC(CO)(Cc1cccs1)c1cccc(Cl)c1. The lowest BCUT2D eigenvalue weighted by Crippen LogP contribution is -2.37. The zero-order valence-corrected chi connectivity index (χ0v) is 11.4. The van der Waals surface area contributed by atoms with E-state index in [0.717, 1.165) is 10.4 Å². The molecule has 0 amide bonds. The second-order valence-electron chi connectivity index (χ2n) is 4.36. The zero-order chi connectivity index (χ0) is 13.0. The normalized spacial score (nSPS) is 11.7. The van der Waals surface area contributed by atoms with Crippen LogP contribution >= 0.6 is 22.9 Å². The summed E-state index contributed by atoms with van der Waals surface area (Å²) in [6, 6.07) is 11.3. The topological polar surface area (TPSA) is 40.5 Å². The maximum absolute atomic E-state index is 9.72. The zero-order valence-electron chi connectivity index (χ0n) is 9.84. The van der Waals surface area contributed by atoms with Gasteiger partial charge in [0, 0.05) is 15.3 Å². The molecule has 2 N–H and O–H groups in total. The molecule has 0 aliphatic carbocycles. The molecule has 0 unspecified atom stereocenters. The van der Waals surface area contributed by atoms with Crippen LogP contribution in [0.4, 0.5) is 0 Å². The Bertz CT molecular complexity index is 492. The van der Waals surface area contributed by atoms with Crippen molar-refractivity contribution in [3.8, 4) is 0 Å². The Morgan fingerprint density at radius 1 is 1.11 bits per heavy atom. The summed E-state index contributed by atoms with van der Waals surface area (Å²) in [5.74, 6) is 0. The highest BCUT2D eigenvalue weighted by atomic mass is 35.5. The van der Waals surface area contributed by atoms with Crippen LogP contribution < -0.4 is 0 Å². The van der Waals surface area contributed by atoms with Crippen molar-refractivity contribution in [1.29, 1.82) is 0 Å². The van der Waals surface area contributed by atoms with Crippen molar-refractivity contribution in [1.82, 2.24) is 0 Å². The Balaban J connectivity index is 2.37. The van der Waals surface area contributed by atoms with Gasteiger partial charge in [0.2, 0.25) is 0 Å². The number of aliphatic hydroxyl groups excluding tert-OH is 2. The molecule has 0 aliphatic heterocycles. The quantitative estimate of drug-likeness (QED) is 0.885. The molecular formula is C14H15ClO2S. The minimum absolute atomic E-state index is 0.109. The number of thiophene rings is 1. The summed E-state index contributed by atoms with van der Waals surface area (Å²) in [4.78, 5) is 1.14. The summed E-state index contributed by atoms with van der Waals surface area (Å²) >= 11 is 7.61. The van der Waals surface area contributed by atoms with Crippen molar-refractivity contribution in [3.05, 3.63) is 57.2 Å². The van der Waals surface area contributed by atoms with E-state index in [2.05, 4.69) is 0 Å². The van der Waals surface area contributed by atoms with Gasteiger partial charge >= 0.3 is 0 Å². The van der Waals surface area contributed by atoms with E-state index in [1.165, 1.54) is 0 Å². The Kier molecular flexibility index (Phi) is 4.40. The third-order valence-electron chi connectivity index (χ3n) is 3.14. The third kappa shape index (κ3) is 2.75. The second-order valence-corrected chi connectivity index (χ2v) is 5.83. The molecule has 96 valence electrons. The van der Waals surface area contributed by atoms with Gasteiger partial charge in [0.05, 0.1) is 13.2 Å². The molecule has 4 heteroatoms. The first-order valence-electron chi connectivity index (χ1n) is 5.70. The first-order chi connectivity index (χ1) is 8.70. The van der Waals surface area contributed by atoms with Gasteiger partial charge in [-0.15, -0.1) is 11.3 Å². The summed E-state index contributed by atoms with van der Waals surface area (Å²) in [5, 5.41) is 22.1. The average molecular weight is 283 g/mol. The molecule has 0 spiro atoms. The van der Waals surface area contributed by atoms with E-state index in [4.69, 9.17) is 11.6 Å². The predicted octanol–water partition coefficient (Wildman–Crippen LogP) is 2.87. The lowest BCUT2D eigenvalue weighted by atomic mass is 9.78. The molecule has 2 aromatic rings. The van der Waals surface area contributed by atoms with Gasteiger partial charge in [0.15, 0.2) is 0 Å². The maximum Gasteiger partial charge on any atom is 0.0553 e. The molecule has 0 saturated carbocycles. The molecule has 2 rings (SSSR count). The summed E-state index contributed by atoms with van der Waals surface area (Å²) in [6.07, 6.45) is 0.609. The van der Waals surface area contributed by atoms with Gasteiger partial charge in [-0.05, 0) is 35.6 Å². The lowest BCUT2D eigenvalue weighted by molar-refractivity contribution is 0.117. The number of hydrogen-bond donors (Lipinski definition) is 2. The van der Waals surface area contributed by atoms with E-state index in [9.17, 15) is 10.2 Å². The van der Waals surface area contributed by atoms with Crippen molar-refractivity contribution in [2.45, 2.75) is 11.8 Å². The van der Waals surface area contributed by atoms with E-state index < -0.39 is 5.41 Å². The number of halogens is 1. The van der Waals surface area contributed by atoms with Gasteiger partial charge in [-0.1, -0.05) is 29.8 Å². The molecule has 0 atom stereocenters. The molecule has 1 aromatic heterocycles. The third-order valence-corrected chi connectivity index (χ3v) is 4.25. The van der Waals surface area contributed by atoms with E-state index in [-0.39, 0.29) is 13.2 Å². The predicted molar refractivity (Wildman–Crippen MR) is 75.3 cm³/mol. The fraction of sp³-hybridized carbons (Fsp3) is 0.286. The van der Waals surface area contributed by atoms with Crippen LogP contribution in [0.25, 0.3) is 0 Å². The minimum Gasteiger partial charge on any atom is -0.395 e.